The zero-order chi connectivity index (χ0) is 16.6. The number of hydrogen-bond donors (Lipinski definition) is 1. The maximum atomic E-state index is 13.0. The van der Waals surface area contributed by atoms with Crippen LogP contribution in [-0.4, -0.2) is 45.6 Å². The van der Waals surface area contributed by atoms with E-state index in [0.717, 1.165) is 24.4 Å². The van der Waals surface area contributed by atoms with Crippen molar-refractivity contribution in [3.63, 3.8) is 0 Å². The van der Waals surface area contributed by atoms with Gasteiger partial charge in [-0.05, 0) is 33.6 Å². The predicted molar refractivity (Wildman–Crippen MR) is 86.7 cm³/mol. The van der Waals surface area contributed by atoms with Crippen LogP contribution in [0.3, 0.4) is 0 Å². The van der Waals surface area contributed by atoms with Crippen LogP contribution in [0.2, 0.25) is 0 Å². The highest BCUT2D eigenvalue weighted by molar-refractivity contribution is 7.89. The molecule has 2 aromatic heterocycles. The molecular formula is C15H23N5O2S. The van der Waals surface area contributed by atoms with Crippen molar-refractivity contribution in [2.45, 2.75) is 51.0 Å². The Bertz CT molecular complexity index is 793. The first-order valence-electron chi connectivity index (χ1n) is 7.97. The molecular weight excluding hydrogens is 314 g/mol. The molecule has 1 aliphatic heterocycles. The van der Waals surface area contributed by atoms with Gasteiger partial charge in [-0.25, -0.2) is 13.4 Å². The highest BCUT2D eigenvalue weighted by Gasteiger charge is 2.33. The Balaban J connectivity index is 1.86. The number of aromatic nitrogens is 4. The van der Waals surface area contributed by atoms with Gasteiger partial charge in [-0.2, -0.15) is 9.40 Å². The van der Waals surface area contributed by atoms with Crippen LogP contribution >= 0.6 is 0 Å². The number of H-pyrrole nitrogens is 1. The first-order chi connectivity index (χ1) is 10.9. The molecule has 23 heavy (non-hydrogen) atoms. The third kappa shape index (κ3) is 2.92. The lowest BCUT2D eigenvalue weighted by Gasteiger charge is -2.30. The molecule has 0 amide bonds. The maximum absolute atomic E-state index is 13.0. The van der Waals surface area contributed by atoms with E-state index < -0.39 is 10.0 Å². The van der Waals surface area contributed by atoms with Crippen LogP contribution in [-0.2, 0) is 16.6 Å². The molecule has 0 spiro atoms. The Kier molecular flexibility index (Phi) is 4.29. The van der Waals surface area contributed by atoms with E-state index >= 15 is 0 Å². The lowest BCUT2D eigenvalue weighted by molar-refractivity contribution is 0.309. The zero-order valence-corrected chi connectivity index (χ0v) is 14.6. The normalized spacial score (nSPS) is 20.0. The predicted octanol–water partition coefficient (Wildman–Crippen LogP) is 1.81. The van der Waals surface area contributed by atoms with Gasteiger partial charge in [-0.15, -0.1) is 0 Å². The molecule has 3 heterocycles. The van der Waals surface area contributed by atoms with E-state index in [9.17, 15) is 8.42 Å². The fraction of sp³-hybridized carbons (Fsp3) is 0.600. The molecule has 2 aromatic rings. The topological polar surface area (TPSA) is 83.9 Å². The van der Waals surface area contributed by atoms with Gasteiger partial charge in [0.1, 0.15) is 10.7 Å². The lowest BCUT2D eigenvalue weighted by atomic mass is 9.99. The SMILES string of the molecule is CCn1ncc(S(=O)(=O)N2CCC[C@@H](c3ncc(C)[nH]3)C2)c1C. The van der Waals surface area contributed by atoms with E-state index in [-0.39, 0.29) is 5.92 Å². The number of nitrogens with zero attached hydrogens (tertiary/aromatic N) is 4. The van der Waals surface area contributed by atoms with Gasteiger partial charge in [-0.1, -0.05) is 0 Å². The van der Waals surface area contributed by atoms with Crippen molar-refractivity contribution >= 4 is 10.0 Å². The molecule has 1 N–H and O–H groups in total. The van der Waals surface area contributed by atoms with Crippen LogP contribution in [0, 0.1) is 13.8 Å². The molecule has 0 aromatic carbocycles. The van der Waals surface area contributed by atoms with Gasteiger partial charge < -0.3 is 4.98 Å². The second-order valence-corrected chi connectivity index (χ2v) is 7.97. The molecule has 1 atom stereocenters. The molecule has 1 aliphatic rings. The number of sulfonamides is 1. The van der Waals surface area contributed by atoms with E-state index in [4.69, 9.17) is 0 Å². The Hall–Kier alpha value is -1.67. The first-order valence-corrected chi connectivity index (χ1v) is 9.41. The van der Waals surface area contributed by atoms with Gasteiger partial charge in [0.05, 0.1) is 11.9 Å². The average Bonchev–Trinajstić information content (AvgIpc) is 3.13. The Morgan fingerprint density at radius 2 is 2.13 bits per heavy atom. The molecule has 0 aliphatic carbocycles. The van der Waals surface area contributed by atoms with Crippen LogP contribution in [0.5, 0.6) is 0 Å². The van der Waals surface area contributed by atoms with Crippen molar-refractivity contribution in [3.05, 3.63) is 29.6 Å². The summed E-state index contributed by atoms with van der Waals surface area (Å²) in [6.07, 6.45) is 5.05. The van der Waals surface area contributed by atoms with Gasteiger partial charge in [-0.3, -0.25) is 4.68 Å². The molecule has 0 radical (unpaired) electrons. The summed E-state index contributed by atoms with van der Waals surface area (Å²) >= 11 is 0. The zero-order valence-electron chi connectivity index (χ0n) is 13.8. The summed E-state index contributed by atoms with van der Waals surface area (Å²) < 4.78 is 29.2. The number of hydrogen-bond acceptors (Lipinski definition) is 4. The van der Waals surface area contributed by atoms with Crippen LogP contribution in [0.1, 0.15) is 42.9 Å². The Morgan fingerprint density at radius 3 is 2.74 bits per heavy atom. The van der Waals surface area contributed by atoms with Gasteiger partial charge in [0.15, 0.2) is 0 Å². The fourth-order valence-corrected chi connectivity index (χ4v) is 4.85. The van der Waals surface area contributed by atoms with Crippen LogP contribution in [0.25, 0.3) is 0 Å². The van der Waals surface area contributed by atoms with E-state index in [1.807, 2.05) is 13.8 Å². The second kappa shape index (κ2) is 6.09. The molecule has 126 valence electrons. The molecule has 0 bridgehead atoms. The van der Waals surface area contributed by atoms with E-state index in [2.05, 4.69) is 15.1 Å². The van der Waals surface area contributed by atoms with Crippen LogP contribution < -0.4 is 0 Å². The third-order valence-corrected chi connectivity index (χ3v) is 6.44. The smallest absolute Gasteiger partial charge is 0.246 e. The summed E-state index contributed by atoms with van der Waals surface area (Å²) in [7, 11) is -3.51. The molecule has 3 rings (SSSR count). The van der Waals surface area contributed by atoms with Crippen LogP contribution in [0.4, 0.5) is 0 Å². The van der Waals surface area contributed by atoms with Gasteiger partial charge in [0, 0.05) is 37.4 Å². The monoisotopic (exact) mass is 337 g/mol. The average molecular weight is 337 g/mol. The quantitative estimate of drug-likeness (QED) is 0.922. The lowest BCUT2D eigenvalue weighted by Crippen LogP contribution is -2.39. The molecule has 7 nitrogen and oxygen atoms in total. The van der Waals surface area contributed by atoms with Crippen molar-refractivity contribution in [1.82, 2.24) is 24.1 Å². The molecule has 0 unspecified atom stereocenters. The number of piperidine rings is 1. The minimum absolute atomic E-state index is 0.119. The van der Waals surface area contributed by atoms with Crippen molar-refractivity contribution < 1.29 is 8.42 Å². The molecule has 1 saturated heterocycles. The number of rotatable bonds is 4. The van der Waals surface area contributed by atoms with Crippen molar-refractivity contribution in [3.8, 4) is 0 Å². The number of imidazole rings is 1. The highest BCUT2D eigenvalue weighted by Crippen LogP contribution is 2.29. The molecule has 0 saturated carbocycles. The summed E-state index contributed by atoms with van der Waals surface area (Å²) in [6, 6.07) is 0. The summed E-state index contributed by atoms with van der Waals surface area (Å²) in [5.41, 5.74) is 1.70. The minimum Gasteiger partial charge on any atom is -0.346 e. The fourth-order valence-electron chi connectivity index (χ4n) is 3.16. The number of aromatic amines is 1. The Labute approximate surface area is 136 Å². The van der Waals surface area contributed by atoms with E-state index in [1.165, 1.54) is 6.20 Å². The molecule has 1 fully saturated rings. The van der Waals surface area contributed by atoms with E-state index in [0.29, 0.717) is 30.2 Å². The minimum atomic E-state index is -3.51. The first kappa shape index (κ1) is 16.2. The van der Waals surface area contributed by atoms with Crippen molar-refractivity contribution in [2.75, 3.05) is 13.1 Å². The van der Waals surface area contributed by atoms with Crippen molar-refractivity contribution in [2.24, 2.45) is 0 Å². The summed E-state index contributed by atoms with van der Waals surface area (Å²) in [5, 5.41) is 4.17. The van der Waals surface area contributed by atoms with Gasteiger partial charge in [0.25, 0.3) is 0 Å². The van der Waals surface area contributed by atoms with Gasteiger partial charge in [0.2, 0.25) is 10.0 Å². The third-order valence-electron chi connectivity index (χ3n) is 4.47. The standard InChI is InChI=1S/C15H23N5O2S/c1-4-20-12(3)14(9-17-20)23(21,22)19-7-5-6-13(10-19)15-16-8-11(2)18-15/h8-9,13H,4-7,10H2,1-3H3,(H,16,18)/t13-/m1/s1. The van der Waals surface area contributed by atoms with Crippen molar-refractivity contribution in [1.29, 1.82) is 0 Å². The summed E-state index contributed by atoms with van der Waals surface area (Å²) in [4.78, 5) is 7.92. The Morgan fingerprint density at radius 1 is 1.35 bits per heavy atom. The second-order valence-electron chi connectivity index (χ2n) is 6.06. The highest BCUT2D eigenvalue weighted by atomic mass is 32.2. The van der Waals surface area contributed by atoms with Gasteiger partial charge >= 0.3 is 0 Å². The summed E-state index contributed by atoms with van der Waals surface area (Å²) in [5.74, 6) is 0.997. The largest absolute Gasteiger partial charge is 0.346 e. The van der Waals surface area contributed by atoms with E-state index in [1.54, 1.807) is 22.1 Å². The number of nitrogens with one attached hydrogen (secondary N) is 1. The number of aryl methyl sites for hydroxylation is 2. The maximum Gasteiger partial charge on any atom is 0.246 e. The van der Waals surface area contributed by atoms with Crippen LogP contribution in [0.15, 0.2) is 17.3 Å². The molecule has 8 heteroatoms. The summed E-state index contributed by atoms with van der Waals surface area (Å²) in [6.45, 7) is 7.39.